The van der Waals surface area contributed by atoms with Gasteiger partial charge in [-0.25, -0.2) is 17.8 Å². The molecule has 0 amide bonds. The molecular weight excluding hydrogens is 347 g/mol. The van der Waals surface area contributed by atoms with Gasteiger partial charge in [0.05, 0.1) is 11.3 Å². The Morgan fingerprint density at radius 2 is 2.04 bits per heavy atom. The highest BCUT2D eigenvalue weighted by atomic mass is 32.2. The van der Waals surface area contributed by atoms with Crippen LogP contribution >= 0.6 is 0 Å². The van der Waals surface area contributed by atoms with Crippen molar-refractivity contribution in [1.82, 2.24) is 20.2 Å². The lowest BCUT2D eigenvalue weighted by Gasteiger charge is -2.08. The van der Waals surface area contributed by atoms with Crippen LogP contribution in [-0.2, 0) is 9.84 Å². The molecule has 130 valence electrons. The number of hydrogen-bond acceptors (Lipinski definition) is 7. The van der Waals surface area contributed by atoms with Crippen LogP contribution in [0.5, 0.6) is 0 Å². The van der Waals surface area contributed by atoms with Gasteiger partial charge in [-0.1, -0.05) is 0 Å². The van der Waals surface area contributed by atoms with E-state index in [9.17, 15) is 12.8 Å². The summed E-state index contributed by atoms with van der Waals surface area (Å²) in [5, 5.41) is 9.68. The van der Waals surface area contributed by atoms with Crippen molar-refractivity contribution in [3.8, 4) is 11.3 Å². The van der Waals surface area contributed by atoms with E-state index in [-0.39, 0.29) is 16.7 Å². The zero-order valence-electron chi connectivity index (χ0n) is 13.4. The number of halogens is 1. The van der Waals surface area contributed by atoms with Crippen LogP contribution in [0.15, 0.2) is 35.4 Å². The highest BCUT2D eigenvalue weighted by Gasteiger charge is 2.15. The molecule has 2 heterocycles. The van der Waals surface area contributed by atoms with E-state index in [1.54, 1.807) is 6.07 Å². The summed E-state index contributed by atoms with van der Waals surface area (Å²) in [6, 6.07) is 5.46. The maximum atomic E-state index is 13.9. The number of nitrogens with two attached hydrogens (primary N) is 1. The second-order valence-corrected chi connectivity index (χ2v) is 7.46. The van der Waals surface area contributed by atoms with Crippen molar-refractivity contribution < 1.29 is 12.8 Å². The van der Waals surface area contributed by atoms with Crippen LogP contribution in [0.25, 0.3) is 11.3 Å². The number of nitrogen functional groups attached to an aromatic ring is 1. The highest BCUT2D eigenvalue weighted by molar-refractivity contribution is 7.90. The lowest BCUT2D eigenvalue weighted by atomic mass is 10.2. The Hall–Kier alpha value is -3.01. The third-order valence-electron chi connectivity index (χ3n) is 3.39. The number of sulfone groups is 1. The quantitative estimate of drug-likeness (QED) is 0.648. The van der Waals surface area contributed by atoms with E-state index in [2.05, 4.69) is 25.5 Å². The van der Waals surface area contributed by atoms with Crippen molar-refractivity contribution in [3.05, 3.63) is 42.0 Å². The molecule has 8 nitrogen and oxygen atoms in total. The smallest absolute Gasteiger partial charge is 0.229 e. The Labute approximate surface area is 143 Å². The van der Waals surface area contributed by atoms with Crippen molar-refractivity contribution in [1.29, 1.82) is 0 Å². The largest absolute Gasteiger partial charge is 0.383 e. The minimum absolute atomic E-state index is 0.153. The third-order valence-corrected chi connectivity index (χ3v) is 4.52. The molecule has 0 aliphatic heterocycles. The van der Waals surface area contributed by atoms with E-state index >= 15 is 0 Å². The maximum absolute atomic E-state index is 13.9. The first-order chi connectivity index (χ1) is 11.7. The Bertz CT molecular complexity index is 1050. The second kappa shape index (κ2) is 6.13. The first kappa shape index (κ1) is 16.8. The molecule has 0 saturated carbocycles. The summed E-state index contributed by atoms with van der Waals surface area (Å²) in [4.78, 5) is 7.87. The molecular formula is C15H15FN6O2S. The van der Waals surface area contributed by atoms with E-state index in [0.717, 1.165) is 18.0 Å². The van der Waals surface area contributed by atoms with Gasteiger partial charge in [0.2, 0.25) is 5.95 Å². The summed E-state index contributed by atoms with van der Waals surface area (Å²) in [6.45, 7) is 1.86. The minimum Gasteiger partial charge on any atom is -0.383 e. The van der Waals surface area contributed by atoms with Crippen molar-refractivity contribution in [2.75, 3.05) is 17.3 Å². The van der Waals surface area contributed by atoms with Gasteiger partial charge in [0.1, 0.15) is 16.5 Å². The van der Waals surface area contributed by atoms with Gasteiger partial charge in [0.25, 0.3) is 0 Å². The fraction of sp³-hybridized carbons (Fsp3) is 0.133. The molecule has 0 bridgehead atoms. The van der Waals surface area contributed by atoms with Gasteiger partial charge in [-0.15, -0.1) is 0 Å². The average Bonchev–Trinajstić information content (AvgIpc) is 2.92. The number of anilines is 3. The second-order valence-electron chi connectivity index (χ2n) is 5.47. The number of nitrogens with zero attached hydrogens (tertiary/aromatic N) is 3. The predicted octanol–water partition coefficient (Wildman–Crippen LogP) is 2.04. The van der Waals surface area contributed by atoms with Gasteiger partial charge in [-0.05, 0) is 31.2 Å². The number of H-pyrrole nitrogens is 1. The van der Waals surface area contributed by atoms with Crippen molar-refractivity contribution in [3.63, 3.8) is 0 Å². The van der Waals surface area contributed by atoms with Gasteiger partial charge in [0, 0.05) is 23.8 Å². The van der Waals surface area contributed by atoms with Gasteiger partial charge in [-0.3, -0.25) is 5.10 Å². The predicted molar refractivity (Wildman–Crippen MR) is 91.6 cm³/mol. The average molecular weight is 362 g/mol. The molecule has 0 aliphatic rings. The molecule has 10 heteroatoms. The molecule has 0 unspecified atom stereocenters. The van der Waals surface area contributed by atoms with E-state index in [1.165, 1.54) is 18.3 Å². The Kier molecular flexibility index (Phi) is 4.13. The lowest BCUT2D eigenvalue weighted by molar-refractivity contribution is 0.571. The molecule has 2 aromatic heterocycles. The molecule has 3 rings (SSSR count). The molecule has 1 aromatic carbocycles. The van der Waals surface area contributed by atoms with Crippen LogP contribution < -0.4 is 11.1 Å². The number of nitrogens with one attached hydrogen (secondary N) is 2. The molecule has 0 saturated heterocycles. The number of hydrogen-bond donors (Lipinski definition) is 3. The van der Waals surface area contributed by atoms with Crippen molar-refractivity contribution >= 4 is 27.3 Å². The van der Waals surface area contributed by atoms with Crippen molar-refractivity contribution in [2.45, 2.75) is 11.8 Å². The zero-order chi connectivity index (χ0) is 18.2. The van der Waals surface area contributed by atoms with Crippen LogP contribution in [0.4, 0.5) is 21.8 Å². The maximum Gasteiger partial charge on any atom is 0.229 e. The Morgan fingerprint density at radius 3 is 2.60 bits per heavy atom. The standard InChI is InChI=1S/C15H15FN6O2S/c1-8-5-12(22-21-8)10-7-18-15(20-14(10)17)19-9-3-4-13(11(16)6-9)25(2,23)24/h3-7H,1-2H3,(H,21,22)(H3,17,18,19,20). The summed E-state index contributed by atoms with van der Waals surface area (Å²) in [6.07, 6.45) is 2.44. The Morgan fingerprint density at radius 1 is 1.28 bits per heavy atom. The third kappa shape index (κ3) is 3.58. The van der Waals surface area contributed by atoms with E-state index in [4.69, 9.17) is 5.73 Å². The highest BCUT2D eigenvalue weighted by Crippen LogP contribution is 2.25. The first-order valence-corrected chi connectivity index (χ1v) is 9.05. The van der Waals surface area contributed by atoms with Crippen LogP contribution in [-0.4, -0.2) is 34.8 Å². The summed E-state index contributed by atoms with van der Waals surface area (Å²) < 4.78 is 36.8. The topological polar surface area (TPSA) is 127 Å². The van der Waals surface area contributed by atoms with Crippen LogP contribution in [0.3, 0.4) is 0 Å². The van der Waals surface area contributed by atoms with Gasteiger partial charge >= 0.3 is 0 Å². The molecule has 25 heavy (non-hydrogen) atoms. The summed E-state index contributed by atoms with van der Waals surface area (Å²) >= 11 is 0. The normalized spacial score (nSPS) is 11.5. The lowest BCUT2D eigenvalue weighted by Crippen LogP contribution is -2.04. The van der Waals surface area contributed by atoms with Crippen LogP contribution in [0.2, 0.25) is 0 Å². The minimum atomic E-state index is -3.63. The molecule has 0 atom stereocenters. The van der Waals surface area contributed by atoms with Gasteiger partial charge < -0.3 is 11.1 Å². The number of aromatic nitrogens is 4. The number of aryl methyl sites for hydroxylation is 1. The fourth-order valence-corrected chi connectivity index (χ4v) is 2.95. The molecule has 4 N–H and O–H groups in total. The number of benzene rings is 1. The molecule has 0 aliphatic carbocycles. The van der Waals surface area contributed by atoms with Crippen LogP contribution in [0, 0.1) is 12.7 Å². The van der Waals surface area contributed by atoms with Gasteiger partial charge in [0.15, 0.2) is 9.84 Å². The summed E-state index contributed by atoms with van der Waals surface area (Å²) in [5.74, 6) is -0.499. The molecule has 0 spiro atoms. The zero-order valence-corrected chi connectivity index (χ0v) is 14.2. The van der Waals surface area contributed by atoms with E-state index < -0.39 is 15.7 Å². The van der Waals surface area contributed by atoms with E-state index in [0.29, 0.717) is 16.9 Å². The fourth-order valence-electron chi connectivity index (χ4n) is 2.22. The summed E-state index contributed by atoms with van der Waals surface area (Å²) in [5.41, 5.74) is 8.28. The molecule has 3 aromatic rings. The summed E-state index contributed by atoms with van der Waals surface area (Å²) in [7, 11) is -3.63. The van der Waals surface area contributed by atoms with Gasteiger partial charge in [-0.2, -0.15) is 10.1 Å². The first-order valence-electron chi connectivity index (χ1n) is 7.15. The Balaban J connectivity index is 1.87. The SMILES string of the molecule is Cc1cc(-c2cnc(Nc3ccc(S(C)(=O)=O)c(F)c3)nc2N)n[nH]1. The number of rotatable bonds is 4. The molecule has 0 fully saturated rings. The van der Waals surface area contributed by atoms with Crippen molar-refractivity contribution in [2.24, 2.45) is 0 Å². The monoisotopic (exact) mass is 362 g/mol. The van der Waals surface area contributed by atoms with E-state index in [1.807, 2.05) is 6.92 Å². The van der Waals surface area contributed by atoms with Crippen LogP contribution in [0.1, 0.15) is 5.69 Å². The number of aromatic amines is 1. The molecule has 0 radical (unpaired) electrons.